The Kier molecular flexibility index (Phi) is 9.21. The Morgan fingerprint density at radius 1 is 1.03 bits per heavy atom. The maximum Gasteiger partial charge on any atom is 0.224 e. The third-order valence-electron chi connectivity index (χ3n) is 5.78. The van der Waals surface area contributed by atoms with Crippen LogP contribution >= 0.6 is 23.1 Å². The summed E-state index contributed by atoms with van der Waals surface area (Å²) in [6, 6.07) is 12.8. The highest BCUT2D eigenvalue weighted by molar-refractivity contribution is 8.01. The van der Waals surface area contributed by atoms with Crippen molar-refractivity contribution in [1.82, 2.24) is 4.98 Å². The van der Waals surface area contributed by atoms with Crippen molar-refractivity contribution in [1.29, 1.82) is 0 Å². The number of para-hydroxylation sites is 1. The molecule has 2 aromatic carbocycles. The lowest BCUT2D eigenvalue weighted by atomic mass is 9.92. The summed E-state index contributed by atoms with van der Waals surface area (Å²) in [5, 5.41) is 3.23. The normalized spacial score (nSPS) is 11.5. The molecule has 1 aromatic heterocycles. The minimum atomic E-state index is 0.125. The van der Waals surface area contributed by atoms with E-state index in [1.807, 2.05) is 11.8 Å². The van der Waals surface area contributed by atoms with Crippen LogP contribution in [0.1, 0.15) is 76.3 Å². The molecule has 33 heavy (non-hydrogen) atoms. The zero-order valence-corrected chi connectivity index (χ0v) is 22.4. The molecule has 0 aliphatic carbocycles. The van der Waals surface area contributed by atoms with Gasteiger partial charge in [0.1, 0.15) is 0 Å². The highest BCUT2D eigenvalue weighted by Crippen LogP contribution is 2.33. The molecule has 0 saturated carbocycles. The van der Waals surface area contributed by atoms with Crippen molar-refractivity contribution in [2.24, 2.45) is 0 Å². The Balaban J connectivity index is 1.44. The zero-order valence-electron chi connectivity index (χ0n) is 20.8. The van der Waals surface area contributed by atoms with Gasteiger partial charge in [0.15, 0.2) is 4.34 Å². The maximum absolute atomic E-state index is 12.7. The molecule has 0 aliphatic rings. The Morgan fingerprint density at radius 3 is 2.36 bits per heavy atom. The van der Waals surface area contributed by atoms with Gasteiger partial charge in [0.05, 0.1) is 10.2 Å². The summed E-state index contributed by atoms with van der Waals surface area (Å²) in [7, 11) is 4.12. The number of thioether (sulfide) groups is 1. The second-order valence-electron chi connectivity index (χ2n) is 9.35. The second kappa shape index (κ2) is 11.9. The summed E-state index contributed by atoms with van der Waals surface area (Å²) < 4.78 is 2.37. The third kappa shape index (κ3) is 6.97. The van der Waals surface area contributed by atoms with E-state index in [2.05, 4.69) is 88.4 Å². The quantitative estimate of drug-likeness (QED) is 0.222. The van der Waals surface area contributed by atoms with Crippen molar-refractivity contribution in [3.05, 3.63) is 47.5 Å². The van der Waals surface area contributed by atoms with Crippen LogP contribution in [0.25, 0.3) is 10.2 Å². The number of carbonyl (C=O) groups is 1. The van der Waals surface area contributed by atoms with Crippen molar-refractivity contribution in [3.8, 4) is 0 Å². The number of benzene rings is 2. The van der Waals surface area contributed by atoms with Gasteiger partial charge in [-0.05, 0) is 54.0 Å². The van der Waals surface area contributed by atoms with Crippen LogP contribution in [0.5, 0.6) is 0 Å². The van der Waals surface area contributed by atoms with Gasteiger partial charge in [-0.1, -0.05) is 64.1 Å². The molecule has 1 heterocycles. The van der Waals surface area contributed by atoms with Crippen LogP contribution in [0.15, 0.2) is 40.7 Å². The van der Waals surface area contributed by atoms with E-state index in [0.29, 0.717) is 18.3 Å². The van der Waals surface area contributed by atoms with Gasteiger partial charge in [-0.25, -0.2) is 4.98 Å². The van der Waals surface area contributed by atoms with E-state index in [0.717, 1.165) is 40.6 Å². The molecule has 0 saturated heterocycles. The van der Waals surface area contributed by atoms with E-state index in [1.165, 1.54) is 21.5 Å². The SMILES string of the molecule is CC(C)c1cccc(C(C)C)c1NC(=O)CCCCCSc1nc2ccc(N(C)C)cc2s1. The first-order valence-electron chi connectivity index (χ1n) is 11.9. The fourth-order valence-corrected chi connectivity index (χ4v) is 6.02. The van der Waals surface area contributed by atoms with Crippen LogP contribution in [-0.2, 0) is 4.79 Å². The summed E-state index contributed by atoms with van der Waals surface area (Å²) in [5.41, 5.74) is 5.75. The molecule has 1 N–H and O–H groups in total. The first-order chi connectivity index (χ1) is 15.8. The summed E-state index contributed by atoms with van der Waals surface area (Å²) in [6.07, 6.45) is 3.64. The Bertz CT molecular complexity index is 1050. The van der Waals surface area contributed by atoms with Gasteiger partial charge >= 0.3 is 0 Å². The molecule has 3 rings (SSSR count). The lowest BCUT2D eigenvalue weighted by Crippen LogP contribution is -2.15. The van der Waals surface area contributed by atoms with Crippen molar-refractivity contribution in [2.75, 3.05) is 30.1 Å². The molecule has 0 unspecified atom stereocenters. The van der Waals surface area contributed by atoms with Gasteiger partial charge in [-0.3, -0.25) is 4.79 Å². The lowest BCUT2D eigenvalue weighted by molar-refractivity contribution is -0.116. The number of carbonyl (C=O) groups excluding carboxylic acids is 1. The van der Waals surface area contributed by atoms with E-state index in [9.17, 15) is 4.79 Å². The first kappa shape index (κ1) is 25.6. The number of thiazole rings is 1. The molecule has 1 amide bonds. The van der Waals surface area contributed by atoms with Gasteiger partial charge in [-0.2, -0.15) is 0 Å². The molecule has 0 atom stereocenters. The number of fused-ring (bicyclic) bond motifs is 1. The molecular formula is C27H37N3OS2. The minimum absolute atomic E-state index is 0.125. The molecule has 0 aliphatic heterocycles. The molecule has 0 spiro atoms. The molecule has 6 heteroatoms. The first-order valence-corrected chi connectivity index (χ1v) is 13.7. The number of aromatic nitrogens is 1. The van der Waals surface area contributed by atoms with E-state index < -0.39 is 0 Å². The number of hydrogen-bond donors (Lipinski definition) is 1. The van der Waals surface area contributed by atoms with Crippen LogP contribution in [0.2, 0.25) is 0 Å². The molecule has 0 fully saturated rings. The Hall–Kier alpha value is -2.05. The number of nitrogens with zero attached hydrogens (tertiary/aromatic N) is 2. The zero-order chi connectivity index (χ0) is 24.0. The van der Waals surface area contributed by atoms with Crippen molar-refractivity contribution < 1.29 is 4.79 Å². The van der Waals surface area contributed by atoms with Crippen LogP contribution in [-0.4, -0.2) is 30.7 Å². The van der Waals surface area contributed by atoms with Gasteiger partial charge in [0.25, 0.3) is 0 Å². The highest BCUT2D eigenvalue weighted by Gasteiger charge is 2.15. The maximum atomic E-state index is 12.7. The Morgan fingerprint density at radius 2 is 1.73 bits per heavy atom. The Labute approximate surface area is 207 Å². The summed E-state index contributed by atoms with van der Waals surface area (Å²) in [5.74, 6) is 1.93. The predicted octanol–water partition coefficient (Wildman–Crippen LogP) is 7.90. The summed E-state index contributed by atoms with van der Waals surface area (Å²) in [4.78, 5) is 19.5. The molecule has 0 bridgehead atoms. The van der Waals surface area contributed by atoms with E-state index >= 15 is 0 Å². The van der Waals surface area contributed by atoms with Gasteiger partial charge in [0.2, 0.25) is 5.91 Å². The van der Waals surface area contributed by atoms with Crippen LogP contribution in [0.3, 0.4) is 0 Å². The number of hydrogen-bond acceptors (Lipinski definition) is 5. The summed E-state index contributed by atoms with van der Waals surface area (Å²) >= 11 is 3.59. The van der Waals surface area contributed by atoms with Crippen LogP contribution in [0.4, 0.5) is 11.4 Å². The average Bonchev–Trinajstić information content (AvgIpc) is 3.17. The molecule has 4 nitrogen and oxygen atoms in total. The van der Waals surface area contributed by atoms with Crippen LogP contribution < -0.4 is 10.2 Å². The largest absolute Gasteiger partial charge is 0.378 e. The third-order valence-corrected chi connectivity index (χ3v) is 8.03. The molecule has 178 valence electrons. The molecule has 0 radical (unpaired) electrons. The fourth-order valence-electron chi connectivity index (χ4n) is 3.85. The van der Waals surface area contributed by atoms with Crippen molar-refractivity contribution in [3.63, 3.8) is 0 Å². The summed E-state index contributed by atoms with van der Waals surface area (Å²) in [6.45, 7) is 8.72. The van der Waals surface area contributed by atoms with Crippen LogP contribution in [0, 0.1) is 0 Å². The number of nitrogens with one attached hydrogen (secondary N) is 1. The van der Waals surface area contributed by atoms with Gasteiger partial charge in [-0.15, -0.1) is 11.3 Å². The van der Waals surface area contributed by atoms with E-state index in [1.54, 1.807) is 11.3 Å². The second-order valence-corrected chi connectivity index (χ2v) is 11.7. The molecule has 3 aromatic rings. The number of amides is 1. The van der Waals surface area contributed by atoms with Crippen molar-refractivity contribution in [2.45, 2.75) is 69.6 Å². The standard InChI is InChI=1S/C27H37N3OS2/c1-18(2)21-11-10-12-22(19(3)4)26(21)29-25(31)13-8-7-9-16-32-27-28-23-15-14-20(30(5)6)17-24(23)33-27/h10-12,14-15,17-19H,7-9,13,16H2,1-6H3,(H,29,31). The predicted molar refractivity (Wildman–Crippen MR) is 146 cm³/mol. The number of anilines is 2. The number of rotatable bonds is 11. The monoisotopic (exact) mass is 483 g/mol. The van der Waals surface area contributed by atoms with Crippen molar-refractivity contribution >= 4 is 50.6 Å². The van der Waals surface area contributed by atoms with Gasteiger partial charge in [0, 0.05) is 37.6 Å². The topological polar surface area (TPSA) is 45.2 Å². The van der Waals surface area contributed by atoms with E-state index in [-0.39, 0.29) is 5.91 Å². The highest BCUT2D eigenvalue weighted by atomic mass is 32.2. The smallest absolute Gasteiger partial charge is 0.224 e. The lowest BCUT2D eigenvalue weighted by Gasteiger charge is -2.20. The average molecular weight is 484 g/mol. The van der Waals surface area contributed by atoms with E-state index in [4.69, 9.17) is 4.98 Å². The molecular weight excluding hydrogens is 446 g/mol. The fraction of sp³-hybridized carbons (Fsp3) is 0.481. The number of unbranched alkanes of at least 4 members (excludes halogenated alkanes) is 2. The van der Waals surface area contributed by atoms with Gasteiger partial charge < -0.3 is 10.2 Å². The minimum Gasteiger partial charge on any atom is -0.378 e.